The lowest BCUT2D eigenvalue weighted by Crippen LogP contribution is -2.05. The van der Waals surface area contributed by atoms with E-state index in [-0.39, 0.29) is 0 Å². The molecule has 0 bridgehead atoms. The van der Waals surface area contributed by atoms with Crippen molar-refractivity contribution in [3.05, 3.63) is 23.4 Å². The number of anilines is 1. The predicted octanol–water partition coefficient (Wildman–Crippen LogP) is 3.70. The van der Waals surface area contributed by atoms with Crippen LogP contribution in [0.3, 0.4) is 0 Å². The van der Waals surface area contributed by atoms with E-state index in [1.54, 1.807) is 0 Å². The van der Waals surface area contributed by atoms with Gasteiger partial charge in [-0.25, -0.2) is 0 Å². The molecule has 0 amide bonds. The van der Waals surface area contributed by atoms with E-state index in [1.807, 2.05) is 6.07 Å². The molecule has 4 nitrogen and oxygen atoms in total. The molecule has 4 heteroatoms. The maximum atomic E-state index is 5.81. The summed E-state index contributed by atoms with van der Waals surface area (Å²) in [6.45, 7) is 8.67. The Labute approximate surface area is 125 Å². The molecule has 1 aromatic carbocycles. The number of nitrogens with zero attached hydrogens (tertiary/aromatic N) is 1. The number of rotatable bonds is 3. The van der Waals surface area contributed by atoms with Gasteiger partial charge in [0.15, 0.2) is 11.5 Å². The number of hydrogen-bond donors (Lipinski definition) is 1. The minimum Gasteiger partial charge on any atom is -0.490 e. The summed E-state index contributed by atoms with van der Waals surface area (Å²) in [7, 11) is 0. The Kier molecular flexibility index (Phi) is 3.86. The lowest BCUT2D eigenvalue weighted by atomic mass is 10.0. The summed E-state index contributed by atoms with van der Waals surface area (Å²) in [4.78, 5) is 4.80. The third-order valence-corrected chi connectivity index (χ3v) is 3.89. The Balaban J connectivity index is 2.25. The van der Waals surface area contributed by atoms with Crippen LogP contribution in [0.25, 0.3) is 10.9 Å². The van der Waals surface area contributed by atoms with Crippen LogP contribution in [0.5, 0.6) is 11.5 Å². The first-order valence-corrected chi connectivity index (χ1v) is 7.71. The summed E-state index contributed by atoms with van der Waals surface area (Å²) < 4.78 is 11.6. The van der Waals surface area contributed by atoms with Gasteiger partial charge in [0.1, 0.15) is 0 Å². The fourth-order valence-corrected chi connectivity index (χ4v) is 2.82. The summed E-state index contributed by atoms with van der Waals surface area (Å²) in [6.07, 6.45) is 1.84. The van der Waals surface area contributed by atoms with Crippen molar-refractivity contribution >= 4 is 16.6 Å². The Morgan fingerprint density at radius 3 is 2.52 bits per heavy atom. The zero-order valence-corrected chi connectivity index (χ0v) is 13.0. The lowest BCUT2D eigenvalue weighted by Gasteiger charge is -2.16. The van der Waals surface area contributed by atoms with E-state index in [2.05, 4.69) is 32.2 Å². The van der Waals surface area contributed by atoms with Gasteiger partial charge in [0.25, 0.3) is 0 Å². The molecular weight excluding hydrogens is 264 g/mol. The number of fused-ring (bicyclic) bond motifs is 2. The highest BCUT2D eigenvalue weighted by molar-refractivity contribution is 5.95. The van der Waals surface area contributed by atoms with Crippen LogP contribution < -0.4 is 14.8 Å². The van der Waals surface area contributed by atoms with Gasteiger partial charge in [-0.1, -0.05) is 6.92 Å². The number of ether oxygens (including phenoxy) is 2. The Hall–Kier alpha value is -1.97. The largest absolute Gasteiger partial charge is 0.490 e. The highest BCUT2D eigenvalue weighted by Gasteiger charge is 2.16. The van der Waals surface area contributed by atoms with Crippen molar-refractivity contribution in [1.82, 2.24) is 4.98 Å². The second kappa shape index (κ2) is 5.80. The van der Waals surface area contributed by atoms with Crippen molar-refractivity contribution in [1.29, 1.82) is 0 Å². The van der Waals surface area contributed by atoms with Crippen LogP contribution in [0, 0.1) is 6.92 Å². The molecular formula is C17H22N2O2. The van der Waals surface area contributed by atoms with Gasteiger partial charge < -0.3 is 14.8 Å². The maximum absolute atomic E-state index is 5.81. The molecule has 2 aromatic rings. The molecule has 0 saturated heterocycles. The first-order chi connectivity index (χ1) is 10.2. The quantitative estimate of drug-likeness (QED) is 0.934. The van der Waals surface area contributed by atoms with Crippen LogP contribution in [0.15, 0.2) is 12.1 Å². The fourth-order valence-electron chi connectivity index (χ4n) is 2.82. The van der Waals surface area contributed by atoms with Gasteiger partial charge in [-0.3, -0.25) is 4.98 Å². The van der Waals surface area contributed by atoms with Crippen molar-refractivity contribution in [3.63, 3.8) is 0 Å². The number of pyridine rings is 1. The topological polar surface area (TPSA) is 43.4 Å². The zero-order valence-electron chi connectivity index (χ0n) is 13.0. The van der Waals surface area contributed by atoms with Crippen LogP contribution in [0.2, 0.25) is 0 Å². The number of aryl methyl sites for hydroxylation is 1. The first kappa shape index (κ1) is 14.0. The molecule has 0 atom stereocenters. The molecule has 1 N–H and O–H groups in total. The standard InChI is InChI=1S/C17H22N2O2/c1-4-13-11(3)17(18-5-2)12-9-15-16(10-14(12)19-13)21-8-6-7-20-15/h9-10H,4-8H2,1-3H3,(H,18,19). The predicted molar refractivity (Wildman–Crippen MR) is 85.6 cm³/mol. The maximum Gasteiger partial charge on any atom is 0.163 e. The van der Waals surface area contributed by atoms with E-state index in [9.17, 15) is 0 Å². The summed E-state index contributed by atoms with van der Waals surface area (Å²) in [5.41, 5.74) is 4.49. The third kappa shape index (κ3) is 2.50. The number of hydrogen-bond acceptors (Lipinski definition) is 4. The van der Waals surface area contributed by atoms with E-state index in [4.69, 9.17) is 14.5 Å². The minimum absolute atomic E-state index is 0.699. The van der Waals surface area contributed by atoms with Crippen LogP contribution >= 0.6 is 0 Å². The smallest absolute Gasteiger partial charge is 0.163 e. The van der Waals surface area contributed by atoms with Crippen LogP contribution in [-0.2, 0) is 6.42 Å². The molecule has 1 aromatic heterocycles. The second-order valence-corrected chi connectivity index (χ2v) is 5.31. The molecule has 1 aliphatic heterocycles. The lowest BCUT2D eigenvalue weighted by molar-refractivity contribution is 0.297. The van der Waals surface area contributed by atoms with E-state index >= 15 is 0 Å². The summed E-state index contributed by atoms with van der Waals surface area (Å²) >= 11 is 0. The van der Waals surface area contributed by atoms with Crippen molar-refractivity contribution in [3.8, 4) is 11.5 Å². The average Bonchev–Trinajstić information content (AvgIpc) is 2.73. The molecule has 0 saturated carbocycles. The Morgan fingerprint density at radius 1 is 1.14 bits per heavy atom. The van der Waals surface area contributed by atoms with Gasteiger partial charge in [0.05, 0.1) is 18.7 Å². The highest BCUT2D eigenvalue weighted by Crippen LogP contribution is 2.38. The van der Waals surface area contributed by atoms with Gasteiger partial charge in [-0.2, -0.15) is 0 Å². The average molecular weight is 286 g/mol. The third-order valence-electron chi connectivity index (χ3n) is 3.89. The van der Waals surface area contributed by atoms with E-state index in [0.29, 0.717) is 13.2 Å². The van der Waals surface area contributed by atoms with Gasteiger partial charge in [0.2, 0.25) is 0 Å². The van der Waals surface area contributed by atoms with Gasteiger partial charge in [-0.05, 0) is 31.9 Å². The van der Waals surface area contributed by atoms with Crippen LogP contribution in [0.4, 0.5) is 5.69 Å². The first-order valence-electron chi connectivity index (χ1n) is 7.71. The Morgan fingerprint density at radius 2 is 1.86 bits per heavy atom. The molecule has 3 rings (SSSR count). The molecule has 0 fully saturated rings. The Bertz CT molecular complexity index is 668. The van der Waals surface area contributed by atoms with E-state index in [1.165, 1.54) is 5.56 Å². The number of nitrogens with one attached hydrogen (secondary N) is 1. The monoisotopic (exact) mass is 286 g/mol. The number of benzene rings is 1. The van der Waals surface area contributed by atoms with Crippen molar-refractivity contribution in [2.75, 3.05) is 25.1 Å². The molecule has 112 valence electrons. The minimum atomic E-state index is 0.699. The summed E-state index contributed by atoms with van der Waals surface area (Å²) in [5.74, 6) is 1.63. The van der Waals surface area contributed by atoms with Crippen molar-refractivity contribution in [2.24, 2.45) is 0 Å². The van der Waals surface area contributed by atoms with Crippen LogP contribution in [0.1, 0.15) is 31.5 Å². The zero-order chi connectivity index (χ0) is 14.8. The molecule has 0 radical (unpaired) electrons. The highest BCUT2D eigenvalue weighted by atomic mass is 16.5. The normalized spacial score (nSPS) is 14.0. The van der Waals surface area contributed by atoms with E-state index < -0.39 is 0 Å². The molecule has 0 spiro atoms. The summed E-state index contributed by atoms with van der Waals surface area (Å²) in [5, 5.41) is 4.59. The molecule has 2 heterocycles. The van der Waals surface area contributed by atoms with Gasteiger partial charge in [-0.15, -0.1) is 0 Å². The molecule has 1 aliphatic rings. The number of aromatic nitrogens is 1. The van der Waals surface area contributed by atoms with Crippen LogP contribution in [-0.4, -0.2) is 24.7 Å². The molecule has 21 heavy (non-hydrogen) atoms. The fraction of sp³-hybridized carbons (Fsp3) is 0.471. The van der Waals surface area contributed by atoms with Gasteiger partial charge in [0, 0.05) is 35.8 Å². The van der Waals surface area contributed by atoms with Gasteiger partial charge >= 0.3 is 0 Å². The second-order valence-electron chi connectivity index (χ2n) is 5.31. The van der Waals surface area contributed by atoms with E-state index in [0.717, 1.165) is 53.2 Å². The van der Waals surface area contributed by atoms with Crippen molar-refractivity contribution in [2.45, 2.75) is 33.6 Å². The molecule has 0 unspecified atom stereocenters. The summed E-state index contributed by atoms with van der Waals surface area (Å²) in [6, 6.07) is 4.07. The molecule has 0 aliphatic carbocycles. The van der Waals surface area contributed by atoms with Crippen molar-refractivity contribution < 1.29 is 9.47 Å². The SMILES string of the molecule is CCNc1c(C)c(CC)nc2cc3c(cc12)OCCCO3.